The van der Waals surface area contributed by atoms with Crippen molar-refractivity contribution in [3.63, 3.8) is 0 Å². The molecule has 0 saturated carbocycles. The average Bonchev–Trinajstić information content (AvgIpc) is 3.74. The van der Waals surface area contributed by atoms with Crippen LogP contribution in [0.1, 0.15) is 26.3 Å². The first-order valence-corrected chi connectivity index (χ1v) is 23.5. The van der Waals surface area contributed by atoms with Crippen molar-refractivity contribution in [2.24, 2.45) is 0 Å². The van der Waals surface area contributed by atoms with Gasteiger partial charge in [-0.25, -0.2) is 4.98 Å². The van der Waals surface area contributed by atoms with Crippen LogP contribution < -0.4 is 19.6 Å². The van der Waals surface area contributed by atoms with Crippen molar-refractivity contribution in [1.29, 1.82) is 0 Å². The Bertz CT molecular complexity index is 3500. The summed E-state index contributed by atoms with van der Waals surface area (Å²) in [7, 11) is 0. The van der Waals surface area contributed by atoms with E-state index >= 15 is 0 Å². The third-order valence-electron chi connectivity index (χ3n) is 13.2. The fourth-order valence-corrected chi connectivity index (χ4v) is 9.76. The molecule has 2 aliphatic rings. The monoisotopic (exact) mass is 1080 g/mol. The molecule has 0 radical (unpaired) electrons. The van der Waals surface area contributed by atoms with E-state index in [1.807, 2.05) is 6.20 Å². The van der Waals surface area contributed by atoms with E-state index < -0.39 is 0 Å². The maximum atomic E-state index is 5.12. The Morgan fingerprint density at radius 1 is 0.457 bits per heavy atom. The molecule has 0 bridgehead atoms. The van der Waals surface area contributed by atoms with E-state index in [0.717, 1.165) is 102 Å². The summed E-state index contributed by atoms with van der Waals surface area (Å²) in [6.07, 6.45) is 1.92. The van der Waals surface area contributed by atoms with Crippen molar-refractivity contribution in [2.75, 3.05) is 19.6 Å². The van der Waals surface area contributed by atoms with Crippen molar-refractivity contribution in [2.45, 2.75) is 26.2 Å². The van der Waals surface area contributed by atoms with Gasteiger partial charge >= 0.3 is 0 Å². The van der Waals surface area contributed by atoms with Gasteiger partial charge in [-0.2, -0.15) is 6.07 Å². The molecule has 342 valence electrons. The zero-order chi connectivity index (χ0) is 46.5. The molecule has 5 nitrogen and oxygen atoms in total. The van der Waals surface area contributed by atoms with Crippen molar-refractivity contribution in [3.05, 3.63) is 255 Å². The predicted molar refractivity (Wildman–Crippen MR) is 287 cm³/mol. The van der Waals surface area contributed by atoms with Crippen LogP contribution >= 0.6 is 0 Å². The molecule has 10 aromatic rings. The molecule has 0 unspecified atom stereocenters. The predicted octanol–water partition coefficient (Wildman–Crippen LogP) is 17.3. The normalized spacial score (nSPS) is 12.5. The number of nitrogens with zero attached hydrogens (tertiary/aromatic N) is 5. The van der Waals surface area contributed by atoms with Crippen LogP contribution in [0.2, 0.25) is 0 Å². The largest absolute Gasteiger partial charge is 0.493 e. The first kappa shape index (κ1) is 44.5. The molecule has 0 amide bonds. The third-order valence-corrected chi connectivity index (χ3v) is 13.2. The van der Waals surface area contributed by atoms with E-state index in [2.05, 4.69) is 284 Å². The summed E-state index contributed by atoms with van der Waals surface area (Å²) >= 11 is 0. The van der Waals surface area contributed by atoms with Gasteiger partial charge in [-0.3, -0.25) is 0 Å². The fourth-order valence-electron chi connectivity index (χ4n) is 9.76. The summed E-state index contributed by atoms with van der Waals surface area (Å²) < 4.78 is 0. The van der Waals surface area contributed by atoms with Gasteiger partial charge in [0.05, 0.1) is 5.69 Å². The van der Waals surface area contributed by atoms with Crippen molar-refractivity contribution < 1.29 is 21.1 Å². The van der Waals surface area contributed by atoms with Crippen LogP contribution in [0.25, 0.3) is 44.5 Å². The van der Waals surface area contributed by atoms with Crippen LogP contribution in [0.15, 0.2) is 231 Å². The van der Waals surface area contributed by atoms with Crippen LogP contribution in [0.5, 0.6) is 0 Å². The second-order valence-electron chi connectivity index (χ2n) is 18.6. The summed E-state index contributed by atoms with van der Waals surface area (Å²) in [5.74, 6) is 0.804. The van der Waals surface area contributed by atoms with Gasteiger partial charge in [0.25, 0.3) is 0 Å². The molecule has 0 saturated heterocycles. The SMILES string of the molecule is CC(C)(C)c1cccc(N2[CH-]N(c3[c-]c(N(c4[c-]c5c(cc4)-c4ccccc4-c4ccccc4N5c4cc(-c5ccccc5)ccn4)c4ccccc4)cc(-c4ccccc4)c3)c3ccccc32)c1.[Pt]. The Hall–Kier alpha value is -7.98. The van der Waals surface area contributed by atoms with Gasteiger partial charge < -0.3 is 19.6 Å². The molecule has 0 spiro atoms. The third kappa shape index (κ3) is 8.16. The number of fused-ring (bicyclic) bond motifs is 6. The summed E-state index contributed by atoms with van der Waals surface area (Å²) in [4.78, 5) is 14.3. The first-order chi connectivity index (χ1) is 33.9. The fraction of sp³-hybridized carbons (Fsp3) is 0.0625. The minimum absolute atomic E-state index is 0. The van der Waals surface area contributed by atoms with Crippen LogP contribution in [0.4, 0.5) is 57.0 Å². The Morgan fingerprint density at radius 3 is 1.76 bits per heavy atom. The number of para-hydroxylation sites is 4. The van der Waals surface area contributed by atoms with Crippen LogP contribution in [0.3, 0.4) is 0 Å². The minimum atomic E-state index is 0. The molecule has 3 heterocycles. The molecule has 0 aliphatic carbocycles. The Labute approximate surface area is 425 Å². The molecular formula is C64H48N5Pt-3. The van der Waals surface area contributed by atoms with E-state index in [1.165, 1.54) is 5.56 Å². The first-order valence-electron chi connectivity index (χ1n) is 23.5. The number of rotatable bonds is 8. The van der Waals surface area contributed by atoms with Gasteiger partial charge in [-0.15, -0.1) is 53.8 Å². The average molecular weight is 1080 g/mol. The molecular weight excluding hydrogens is 1030 g/mol. The van der Waals surface area contributed by atoms with Gasteiger partial charge in [-0.1, -0.05) is 189 Å². The summed E-state index contributed by atoms with van der Waals surface area (Å²) in [6, 6.07) is 87.9. The number of anilines is 10. The van der Waals surface area contributed by atoms with Gasteiger partial charge in [0, 0.05) is 55.6 Å². The summed E-state index contributed by atoms with van der Waals surface area (Å²) in [6.45, 7) is 9.01. The number of pyridine rings is 1. The van der Waals surface area contributed by atoms with Crippen molar-refractivity contribution >= 4 is 57.0 Å². The van der Waals surface area contributed by atoms with Crippen LogP contribution in [-0.2, 0) is 26.5 Å². The smallest absolute Gasteiger partial charge is 0.136 e. The molecule has 9 aromatic carbocycles. The van der Waals surface area contributed by atoms with Gasteiger partial charge in [0.2, 0.25) is 0 Å². The molecule has 0 atom stereocenters. The number of hydrogen-bond acceptors (Lipinski definition) is 5. The number of hydrogen-bond donors (Lipinski definition) is 0. The molecule has 12 rings (SSSR count). The quantitative estimate of drug-likeness (QED) is 0.141. The van der Waals surface area contributed by atoms with E-state index in [4.69, 9.17) is 4.98 Å². The molecule has 0 fully saturated rings. The van der Waals surface area contributed by atoms with Gasteiger partial charge in [-0.05, 0) is 87.8 Å². The topological polar surface area (TPSA) is 25.9 Å². The number of aromatic nitrogens is 1. The van der Waals surface area contributed by atoms with E-state index in [0.29, 0.717) is 0 Å². The maximum absolute atomic E-state index is 5.12. The zero-order valence-corrected chi connectivity index (χ0v) is 41.3. The molecule has 6 heteroatoms. The Kier molecular flexibility index (Phi) is 11.8. The molecule has 70 heavy (non-hydrogen) atoms. The molecule has 0 N–H and O–H groups in total. The standard InChI is InChI=1S/C64H48N5.Pt/c1-64(2,3)49-24-19-27-51(41-49)66-44-67(61-33-18-17-32-60(61)66)53-38-48(46-22-9-5-10-23-46)39-54(42-53)68(50-25-11-6-12-26-50)52-34-35-58-56-29-14-13-28-55(56)57-30-15-16-31-59(57)69(62(58)43-52)63-40-47(36-37-65-63)45-20-7-4-8-21-45;/h4-41,44H,1-3H3;/q-3;. The van der Waals surface area contributed by atoms with E-state index in [1.54, 1.807) is 0 Å². The summed E-state index contributed by atoms with van der Waals surface area (Å²) in [5.41, 5.74) is 19.0. The molecule has 1 aromatic heterocycles. The van der Waals surface area contributed by atoms with Gasteiger partial charge in [0.1, 0.15) is 5.82 Å². The van der Waals surface area contributed by atoms with E-state index in [-0.39, 0.29) is 26.5 Å². The minimum Gasteiger partial charge on any atom is -0.493 e. The second kappa shape index (κ2) is 18.5. The van der Waals surface area contributed by atoms with Crippen LogP contribution in [0, 0.1) is 18.8 Å². The van der Waals surface area contributed by atoms with E-state index in [9.17, 15) is 0 Å². The summed E-state index contributed by atoms with van der Waals surface area (Å²) in [5, 5.41) is 0. The Balaban J connectivity index is 0.00000533. The zero-order valence-electron chi connectivity index (χ0n) is 39.1. The second-order valence-corrected chi connectivity index (χ2v) is 18.6. The maximum Gasteiger partial charge on any atom is 0.136 e. The van der Waals surface area contributed by atoms with Gasteiger partial charge in [0.15, 0.2) is 0 Å². The number of benzene rings is 9. The Morgan fingerprint density at radius 2 is 1.06 bits per heavy atom. The van der Waals surface area contributed by atoms with Crippen molar-refractivity contribution in [1.82, 2.24) is 4.98 Å². The van der Waals surface area contributed by atoms with Crippen LogP contribution in [-0.4, -0.2) is 4.98 Å². The van der Waals surface area contributed by atoms with Crippen molar-refractivity contribution in [3.8, 4) is 44.5 Å². The molecule has 2 aliphatic heterocycles.